The zero-order chi connectivity index (χ0) is 11.7. The molecule has 1 aliphatic rings. The van der Waals surface area contributed by atoms with Crippen molar-refractivity contribution in [3.63, 3.8) is 0 Å². The average molecular weight is 248 g/mol. The molecule has 0 bridgehead atoms. The summed E-state index contributed by atoms with van der Waals surface area (Å²) in [4.78, 5) is 8.49. The van der Waals surface area contributed by atoms with Crippen molar-refractivity contribution < 1.29 is 0 Å². The van der Waals surface area contributed by atoms with Crippen molar-refractivity contribution >= 4 is 11.6 Å². The third kappa shape index (κ3) is 2.07. The Hall–Kier alpha value is -1.35. The topological polar surface area (TPSA) is 30.7 Å². The summed E-state index contributed by atoms with van der Waals surface area (Å²) in [7, 11) is 0. The van der Waals surface area contributed by atoms with Crippen LogP contribution in [0.4, 0.5) is 0 Å². The molecule has 0 aliphatic heterocycles. The van der Waals surface area contributed by atoms with Crippen LogP contribution in [-0.4, -0.2) is 14.5 Å². The number of rotatable bonds is 2. The zero-order valence-electron chi connectivity index (χ0n) is 9.56. The third-order valence-electron chi connectivity index (χ3n) is 3.31. The molecular formula is C13H14ClN3. The molecule has 3 nitrogen and oxygen atoms in total. The van der Waals surface area contributed by atoms with Crippen LogP contribution in [0, 0.1) is 0 Å². The van der Waals surface area contributed by atoms with E-state index >= 15 is 0 Å². The molecule has 2 aromatic heterocycles. The van der Waals surface area contributed by atoms with Crippen LogP contribution in [0.5, 0.6) is 0 Å². The van der Waals surface area contributed by atoms with Crippen LogP contribution >= 0.6 is 11.6 Å². The van der Waals surface area contributed by atoms with Crippen LogP contribution in [0.2, 0.25) is 5.02 Å². The minimum Gasteiger partial charge on any atom is -0.330 e. The number of aryl methyl sites for hydroxylation is 1. The van der Waals surface area contributed by atoms with Gasteiger partial charge in [-0.2, -0.15) is 0 Å². The van der Waals surface area contributed by atoms with Crippen molar-refractivity contribution in [2.24, 2.45) is 0 Å². The summed E-state index contributed by atoms with van der Waals surface area (Å²) in [6.07, 6.45) is 10.2. The van der Waals surface area contributed by atoms with E-state index in [4.69, 9.17) is 11.6 Å². The molecule has 0 saturated carbocycles. The van der Waals surface area contributed by atoms with Gasteiger partial charge in [-0.25, -0.2) is 4.98 Å². The molecule has 0 spiro atoms. The van der Waals surface area contributed by atoms with E-state index in [1.807, 2.05) is 12.4 Å². The van der Waals surface area contributed by atoms with Crippen molar-refractivity contribution in [2.45, 2.75) is 32.2 Å². The Morgan fingerprint density at radius 2 is 2.18 bits per heavy atom. The second kappa shape index (κ2) is 4.49. The van der Waals surface area contributed by atoms with E-state index < -0.39 is 0 Å². The van der Waals surface area contributed by atoms with Gasteiger partial charge in [-0.3, -0.25) is 4.98 Å². The van der Waals surface area contributed by atoms with Crippen molar-refractivity contribution in [1.82, 2.24) is 14.5 Å². The average Bonchev–Trinajstić information content (AvgIpc) is 2.76. The first-order chi connectivity index (χ1) is 8.34. The summed E-state index contributed by atoms with van der Waals surface area (Å²) in [5.41, 5.74) is 3.75. The van der Waals surface area contributed by atoms with Gasteiger partial charge >= 0.3 is 0 Å². The highest BCUT2D eigenvalue weighted by Gasteiger charge is 2.15. The molecule has 0 saturated heterocycles. The lowest BCUT2D eigenvalue weighted by atomic mass is 10.0. The smallest absolute Gasteiger partial charge is 0.0954 e. The number of imidazole rings is 1. The molecule has 4 heteroatoms. The summed E-state index contributed by atoms with van der Waals surface area (Å²) in [5, 5.41) is 0.728. The second-order valence-electron chi connectivity index (χ2n) is 4.44. The van der Waals surface area contributed by atoms with E-state index in [0.29, 0.717) is 0 Å². The van der Waals surface area contributed by atoms with E-state index in [9.17, 15) is 0 Å². The van der Waals surface area contributed by atoms with Crippen LogP contribution in [0.1, 0.15) is 29.8 Å². The van der Waals surface area contributed by atoms with Gasteiger partial charge in [-0.15, -0.1) is 0 Å². The Morgan fingerprint density at radius 3 is 3.06 bits per heavy atom. The minimum absolute atomic E-state index is 0.728. The van der Waals surface area contributed by atoms with Crippen molar-refractivity contribution in [3.05, 3.63) is 46.8 Å². The number of aromatic nitrogens is 3. The standard InChI is InChI=1S/C13H14ClN3/c14-11-7-15-6-5-10(11)8-17-9-16-12-3-1-2-4-13(12)17/h5-7,9H,1-4,8H2. The first-order valence-electron chi connectivity index (χ1n) is 5.96. The fourth-order valence-electron chi connectivity index (χ4n) is 2.38. The molecule has 0 atom stereocenters. The van der Waals surface area contributed by atoms with Gasteiger partial charge in [0.05, 0.1) is 23.6 Å². The zero-order valence-corrected chi connectivity index (χ0v) is 10.3. The summed E-state index contributed by atoms with van der Waals surface area (Å²) in [6, 6.07) is 1.97. The highest BCUT2D eigenvalue weighted by molar-refractivity contribution is 6.31. The van der Waals surface area contributed by atoms with E-state index in [0.717, 1.165) is 30.0 Å². The Labute approximate surface area is 105 Å². The van der Waals surface area contributed by atoms with E-state index in [1.165, 1.54) is 24.2 Å². The second-order valence-corrected chi connectivity index (χ2v) is 4.85. The quantitative estimate of drug-likeness (QED) is 0.817. The van der Waals surface area contributed by atoms with Gasteiger partial charge in [0.25, 0.3) is 0 Å². The maximum absolute atomic E-state index is 6.13. The first kappa shape index (κ1) is 10.8. The van der Waals surface area contributed by atoms with Gasteiger partial charge in [0.2, 0.25) is 0 Å². The largest absolute Gasteiger partial charge is 0.330 e. The van der Waals surface area contributed by atoms with Crippen LogP contribution < -0.4 is 0 Å². The van der Waals surface area contributed by atoms with Crippen molar-refractivity contribution in [2.75, 3.05) is 0 Å². The fourth-order valence-corrected chi connectivity index (χ4v) is 2.56. The number of halogens is 1. The van der Waals surface area contributed by atoms with Crippen LogP contribution in [0.25, 0.3) is 0 Å². The summed E-state index contributed by atoms with van der Waals surface area (Å²) >= 11 is 6.13. The Bertz CT molecular complexity index is 533. The van der Waals surface area contributed by atoms with Crippen molar-refractivity contribution in [1.29, 1.82) is 0 Å². The number of fused-ring (bicyclic) bond motifs is 1. The van der Waals surface area contributed by atoms with E-state index in [2.05, 4.69) is 14.5 Å². The number of hydrogen-bond acceptors (Lipinski definition) is 2. The molecular weight excluding hydrogens is 234 g/mol. The summed E-state index contributed by atoms with van der Waals surface area (Å²) in [5.74, 6) is 0. The molecule has 88 valence electrons. The van der Waals surface area contributed by atoms with Gasteiger partial charge in [0.1, 0.15) is 0 Å². The lowest BCUT2D eigenvalue weighted by molar-refractivity contribution is 0.628. The molecule has 0 aromatic carbocycles. The molecule has 0 fully saturated rings. The molecule has 0 amide bonds. The first-order valence-corrected chi connectivity index (χ1v) is 6.33. The van der Waals surface area contributed by atoms with E-state index in [1.54, 1.807) is 12.4 Å². The molecule has 0 unspecified atom stereocenters. The predicted octanol–water partition coefficient (Wildman–Crippen LogP) is 2.86. The lowest BCUT2D eigenvalue weighted by Crippen LogP contribution is -2.09. The van der Waals surface area contributed by atoms with Gasteiger partial charge in [0, 0.05) is 18.1 Å². The maximum atomic E-state index is 6.13. The van der Waals surface area contributed by atoms with Gasteiger partial charge < -0.3 is 4.57 Å². The van der Waals surface area contributed by atoms with Crippen LogP contribution in [-0.2, 0) is 19.4 Å². The predicted molar refractivity (Wildman–Crippen MR) is 67.2 cm³/mol. The lowest BCUT2D eigenvalue weighted by Gasteiger charge is -2.14. The molecule has 0 N–H and O–H groups in total. The minimum atomic E-state index is 0.728. The Morgan fingerprint density at radius 1 is 1.29 bits per heavy atom. The summed E-state index contributed by atoms with van der Waals surface area (Å²) in [6.45, 7) is 0.795. The normalized spacial score (nSPS) is 14.6. The molecule has 0 radical (unpaired) electrons. The monoisotopic (exact) mass is 247 g/mol. The van der Waals surface area contributed by atoms with Gasteiger partial charge in [-0.05, 0) is 37.3 Å². The van der Waals surface area contributed by atoms with Gasteiger partial charge in [0.15, 0.2) is 0 Å². The van der Waals surface area contributed by atoms with Gasteiger partial charge in [-0.1, -0.05) is 11.6 Å². The highest BCUT2D eigenvalue weighted by Crippen LogP contribution is 2.22. The van der Waals surface area contributed by atoms with Crippen LogP contribution in [0.15, 0.2) is 24.8 Å². The molecule has 2 aromatic rings. The Kier molecular flexibility index (Phi) is 2.85. The highest BCUT2D eigenvalue weighted by atomic mass is 35.5. The number of pyridine rings is 1. The number of nitrogens with zero attached hydrogens (tertiary/aromatic N) is 3. The molecule has 17 heavy (non-hydrogen) atoms. The third-order valence-corrected chi connectivity index (χ3v) is 3.65. The van der Waals surface area contributed by atoms with Crippen LogP contribution in [0.3, 0.4) is 0 Å². The Balaban J connectivity index is 1.91. The fraction of sp³-hybridized carbons (Fsp3) is 0.385. The molecule has 2 heterocycles. The SMILES string of the molecule is Clc1cnccc1Cn1cnc2c1CCCC2. The molecule has 1 aliphatic carbocycles. The van der Waals surface area contributed by atoms with Crippen molar-refractivity contribution in [3.8, 4) is 0 Å². The van der Waals surface area contributed by atoms with E-state index in [-0.39, 0.29) is 0 Å². The number of hydrogen-bond donors (Lipinski definition) is 0. The molecule has 3 rings (SSSR count). The maximum Gasteiger partial charge on any atom is 0.0954 e. The summed E-state index contributed by atoms with van der Waals surface area (Å²) < 4.78 is 2.22.